The Morgan fingerprint density at radius 1 is 1.03 bits per heavy atom. The lowest BCUT2D eigenvalue weighted by atomic mass is 10.1. The highest BCUT2D eigenvalue weighted by Gasteiger charge is 2.36. The summed E-state index contributed by atoms with van der Waals surface area (Å²) in [4.78, 5) is 27.3. The summed E-state index contributed by atoms with van der Waals surface area (Å²) < 4.78 is 27.9. The Kier molecular flexibility index (Phi) is 5.51. The number of benzene rings is 2. The summed E-state index contributed by atoms with van der Waals surface area (Å²) in [5.41, 5.74) is 1.50. The second kappa shape index (κ2) is 8.10. The number of rotatable bonds is 6. The van der Waals surface area contributed by atoms with E-state index in [-0.39, 0.29) is 22.8 Å². The van der Waals surface area contributed by atoms with Gasteiger partial charge in [-0.25, -0.2) is 8.42 Å². The average molecular weight is 428 g/mol. The molecule has 2 aromatic rings. The fraction of sp³-hybridized carbons (Fsp3) is 0.364. The van der Waals surface area contributed by atoms with Gasteiger partial charge in [-0.15, -0.1) is 0 Å². The first kappa shape index (κ1) is 20.4. The molecular weight excluding hydrogens is 402 g/mol. The number of carbonyl (C=O) groups excluding carboxylic acids is 2. The Morgan fingerprint density at radius 2 is 1.80 bits per heavy atom. The Morgan fingerprint density at radius 3 is 2.53 bits per heavy atom. The Hall–Kier alpha value is -2.87. The van der Waals surface area contributed by atoms with Crippen molar-refractivity contribution in [2.75, 3.05) is 11.3 Å². The molecule has 2 N–H and O–H groups in total. The summed E-state index contributed by atoms with van der Waals surface area (Å²) in [5.74, 6) is -0.361. The van der Waals surface area contributed by atoms with Gasteiger partial charge >= 0.3 is 0 Å². The quantitative estimate of drug-likeness (QED) is 0.741. The van der Waals surface area contributed by atoms with Crippen LogP contribution in [0.4, 0.5) is 5.69 Å². The van der Waals surface area contributed by atoms with Crippen molar-refractivity contribution in [3.63, 3.8) is 0 Å². The van der Waals surface area contributed by atoms with Gasteiger partial charge in [0.1, 0.15) is 6.04 Å². The molecule has 1 heterocycles. The van der Waals surface area contributed by atoms with Crippen LogP contribution in [0.2, 0.25) is 0 Å². The number of carbonyl (C=O) groups is 2. The zero-order valence-electron chi connectivity index (χ0n) is 16.8. The molecule has 1 atom stereocenters. The average Bonchev–Trinajstić information content (AvgIpc) is 3.38. The fourth-order valence-electron chi connectivity index (χ4n) is 3.69. The number of amides is 2. The highest BCUT2D eigenvalue weighted by atomic mass is 32.2. The van der Waals surface area contributed by atoms with Crippen molar-refractivity contribution in [2.24, 2.45) is 0 Å². The van der Waals surface area contributed by atoms with Gasteiger partial charge in [-0.05, 0) is 68.5 Å². The highest BCUT2D eigenvalue weighted by Crippen LogP contribution is 2.25. The lowest BCUT2D eigenvalue weighted by molar-refractivity contribution is -0.125. The van der Waals surface area contributed by atoms with Crippen LogP contribution in [0.25, 0.3) is 0 Å². The summed E-state index contributed by atoms with van der Waals surface area (Å²) in [5, 5.41) is 2.97. The molecule has 2 fully saturated rings. The number of likely N-dealkylation sites (tertiary alicyclic amines) is 1. The molecule has 1 saturated heterocycles. The summed E-state index contributed by atoms with van der Waals surface area (Å²) >= 11 is 0. The maximum absolute atomic E-state index is 13.1. The van der Waals surface area contributed by atoms with Crippen LogP contribution in [0.15, 0.2) is 53.4 Å². The van der Waals surface area contributed by atoms with E-state index in [0.717, 1.165) is 24.8 Å². The van der Waals surface area contributed by atoms with Gasteiger partial charge in [0.05, 0.1) is 4.90 Å². The molecule has 1 saturated carbocycles. The lowest BCUT2D eigenvalue weighted by Crippen LogP contribution is -2.46. The summed E-state index contributed by atoms with van der Waals surface area (Å²) in [7, 11) is -3.77. The second-order valence-corrected chi connectivity index (χ2v) is 9.62. The van der Waals surface area contributed by atoms with E-state index in [1.807, 2.05) is 13.0 Å². The van der Waals surface area contributed by atoms with Gasteiger partial charge < -0.3 is 10.2 Å². The molecule has 0 bridgehead atoms. The Bertz CT molecular complexity index is 1080. The van der Waals surface area contributed by atoms with E-state index in [1.54, 1.807) is 35.2 Å². The predicted octanol–water partition coefficient (Wildman–Crippen LogP) is 2.68. The summed E-state index contributed by atoms with van der Waals surface area (Å²) in [6, 6.07) is 12.8. The Labute approximate surface area is 176 Å². The standard InChI is InChI=1S/C22H25N3O4S/c1-15-5-2-8-19(13-15)30(28,29)24-18-7-3-6-16(14-18)22(27)25-12-4-9-20(25)21(26)23-17-10-11-17/h2-3,5-8,13-14,17,20,24H,4,9-12H2,1H3,(H,23,26). The van der Waals surface area contributed by atoms with Crippen molar-refractivity contribution in [2.45, 2.75) is 49.6 Å². The highest BCUT2D eigenvalue weighted by molar-refractivity contribution is 7.92. The van der Waals surface area contributed by atoms with Crippen LogP contribution in [-0.2, 0) is 14.8 Å². The minimum atomic E-state index is -3.77. The van der Waals surface area contributed by atoms with E-state index in [0.29, 0.717) is 24.2 Å². The van der Waals surface area contributed by atoms with Crippen LogP contribution in [0.3, 0.4) is 0 Å². The molecule has 30 heavy (non-hydrogen) atoms. The van der Waals surface area contributed by atoms with Crippen molar-refractivity contribution in [3.8, 4) is 0 Å². The smallest absolute Gasteiger partial charge is 0.261 e. The Balaban J connectivity index is 1.51. The van der Waals surface area contributed by atoms with Gasteiger partial charge in [0.25, 0.3) is 15.9 Å². The third kappa shape index (κ3) is 4.48. The predicted molar refractivity (Wildman–Crippen MR) is 114 cm³/mol. The first-order valence-electron chi connectivity index (χ1n) is 10.1. The van der Waals surface area contributed by atoms with Crippen LogP contribution < -0.4 is 10.0 Å². The van der Waals surface area contributed by atoms with Crippen LogP contribution in [0.1, 0.15) is 41.6 Å². The molecule has 1 unspecified atom stereocenters. The van der Waals surface area contributed by atoms with Crippen molar-refractivity contribution < 1.29 is 18.0 Å². The first-order chi connectivity index (χ1) is 14.3. The van der Waals surface area contributed by atoms with Crippen LogP contribution >= 0.6 is 0 Å². The van der Waals surface area contributed by atoms with E-state index < -0.39 is 16.1 Å². The van der Waals surface area contributed by atoms with Gasteiger partial charge in [0.2, 0.25) is 5.91 Å². The maximum atomic E-state index is 13.1. The number of hydrogen-bond donors (Lipinski definition) is 2. The molecule has 0 aromatic heterocycles. The van der Waals surface area contributed by atoms with E-state index in [4.69, 9.17) is 0 Å². The fourth-order valence-corrected chi connectivity index (χ4v) is 4.84. The maximum Gasteiger partial charge on any atom is 0.261 e. The van der Waals surface area contributed by atoms with Crippen LogP contribution in [0, 0.1) is 6.92 Å². The SMILES string of the molecule is Cc1cccc(S(=O)(=O)Nc2cccc(C(=O)N3CCCC3C(=O)NC3CC3)c2)c1. The molecule has 1 aliphatic carbocycles. The third-order valence-electron chi connectivity index (χ3n) is 5.40. The van der Waals surface area contributed by atoms with E-state index >= 15 is 0 Å². The lowest BCUT2D eigenvalue weighted by Gasteiger charge is -2.24. The normalized spacial score (nSPS) is 18.8. The second-order valence-electron chi connectivity index (χ2n) is 7.94. The molecule has 2 aromatic carbocycles. The summed E-state index contributed by atoms with van der Waals surface area (Å²) in [6.07, 6.45) is 3.41. The number of anilines is 1. The minimum Gasteiger partial charge on any atom is -0.352 e. The number of hydrogen-bond acceptors (Lipinski definition) is 4. The first-order valence-corrected chi connectivity index (χ1v) is 11.6. The van der Waals surface area contributed by atoms with Crippen LogP contribution in [0.5, 0.6) is 0 Å². The molecule has 0 radical (unpaired) electrons. The monoisotopic (exact) mass is 427 g/mol. The van der Waals surface area contributed by atoms with Gasteiger partial charge in [-0.2, -0.15) is 0 Å². The molecule has 2 amide bonds. The van der Waals surface area contributed by atoms with E-state index in [9.17, 15) is 18.0 Å². The van der Waals surface area contributed by atoms with E-state index in [1.165, 1.54) is 12.1 Å². The van der Waals surface area contributed by atoms with Crippen LogP contribution in [-0.4, -0.2) is 43.8 Å². The topological polar surface area (TPSA) is 95.6 Å². The molecule has 158 valence electrons. The van der Waals surface area contributed by atoms with Crippen molar-refractivity contribution >= 4 is 27.5 Å². The van der Waals surface area contributed by atoms with Crippen molar-refractivity contribution in [1.82, 2.24) is 10.2 Å². The van der Waals surface area contributed by atoms with Gasteiger partial charge in [-0.1, -0.05) is 18.2 Å². The van der Waals surface area contributed by atoms with Gasteiger partial charge in [-0.3, -0.25) is 14.3 Å². The molecule has 2 aliphatic rings. The van der Waals surface area contributed by atoms with Gasteiger partial charge in [0.15, 0.2) is 0 Å². The van der Waals surface area contributed by atoms with Crippen molar-refractivity contribution in [3.05, 3.63) is 59.7 Å². The van der Waals surface area contributed by atoms with Gasteiger partial charge in [0, 0.05) is 23.8 Å². The number of aryl methyl sites for hydroxylation is 1. The molecule has 0 spiro atoms. The molecule has 4 rings (SSSR count). The minimum absolute atomic E-state index is 0.0975. The summed E-state index contributed by atoms with van der Waals surface area (Å²) in [6.45, 7) is 2.34. The molecule has 1 aliphatic heterocycles. The largest absolute Gasteiger partial charge is 0.352 e. The number of nitrogens with one attached hydrogen (secondary N) is 2. The number of nitrogens with zero attached hydrogens (tertiary/aromatic N) is 1. The molecular formula is C22H25N3O4S. The number of sulfonamides is 1. The zero-order valence-corrected chi connectivity index (χ0v) is 17.6. The third-order valence-corrected chi connectivity index (χ3v) is 6.78. The zero-order chi connectivity index (χ0) is 21.3. The molecule has 7 nitrogen and oxygen atoms in total. The molecule has 8 heteroatoms. The van der Waals surface area contributed by atoms with E-state index in [2.05, 4.69) is 10.0 Å². The van der Waals surface area contributed by atoms with Crippen molar-refractivity contribution in [1.29, 1.82) is 0 Å².